The molecule has 1 saturated heterocycles. The van der Waals surface area contributed by atoms with Crippen LogP contribution in [-0.2, 0) is 14.1 Å². The van der Waals surface area contributed by atoms with Crippen LogP contribution < -0.4 is 0 Å². The van der Waals surface area contributed by atoms with Gasteiger partial charge in [0.25, 0.3) is 0 Å². The minimum Gasteiger partial charge on any atom is -0.449 e. The third kappa shape index (κ3) is 0.775. The van der Waals surface area contributed by atoms with Crippen molar-refractivity contribution in [2.24, 2.45) is 0 Å². The maximum Gasteiger partial charge on any atom is 0.311 e. The summed E-state index contributed by atoms with van der Waals surface area (Å²) in [5.74, 6) is -0.596. The zero-order valence-electron chi connectivity index (χ0n) is 3.46. The fourth-order valence-corrected chi connectivity index (χ4v) is 0.728. The van der Waals surface area contributed by atoms with Crippen molar-refractivity contribution < 1.29 is 14.1 Å². The first-order valence-electron chi connectivity index (χ1n) is 1.85. The highest BCUT2D eigenvalue weighted by Gasteiger charge is 2.28. The van der Waals surface area contributed by atoms with Crippen molar-refractivity contribution in [3.8, 4) is 0 Å². The van der Waals surface area contributed by atoms with Crippen molar-refractivity contribution in [3.63, 3.8) is 0 Å². The molecule has 1 unspecified atom stereocenters. The van der Waals surface area contributed by atoms with Crippen LogP contribution in [0.5, 0.6) is 0 Å². The maximum atomic E-state index is 9.90. The van der Waals surface area contributed by atoms with E-state index < -0.39 is 0 Å². The highest BCUT2D eigenvalue weighted by atomic mass is 31.1. The van der Waals surface area contributed by atoms with E-state index in [2.05, 4.69) is 4.74 Å². The van der Waals surface area contributed by atoms with Crippen molar-refractivity contribution >= 4 is 14.4 Å². The topological polar surface area (TPSA) is 43.4 Å². The molecule has 1 aliphatic rings. The minimum absolute atomic E-state index is 0.0832. The Labute approximate surface area is 41.9 Å². The van der Waals surface area contributed by atoms with Crippen LogP contribution in [-0.4, -0.2) is 11.8 Å². The van der Waals surface area contributed by atoms with E-state index in [-0.39, 0.29) is 20.3 Å². The molecule has 1 atom stereocenters. The Balaban J connectivity index is 2.29. The summed E-state index contributed by atoms with van der Waals surface area (Å²) in [6, 6.07) is 0. The first-order chi connectivity index (χ1) is 3.33. The number of hydrogen-bond acceptors (Lipinski definition) is 3. The number of ether oxygens (including phenoxy) is 1. The molecule has 0 radical (unpaired) electrons. The summed E-state index contributed by atoms with van der Waals surface area (Å²) in [5.41, 5.74) is 0. The molecule has 7 heavy (non-hydrogen) atoms. The Hall–Kier alpha value is -0.430. The second kappa shape index (κ2) is 1.58. The van der Waals surface area contributed by atoms with E-state index in [1.54, 1.807) is 0 Å². The van der Waals surface area contributed by atoms with Gasteiger partial charge in [-0.15, -0.1) is 0 Å². The van der Waals surface area contributed by atoms with Gasteiger partial charge in [0.1, 0.15) is 0 Å². The molecular weight excluding hydrogens is 115 g/mol. The van der Waals surface area contributed by atoms with Gasteiger partial charge in [-0.25, -0.2) is 0 Å². The van der Waals surface area contributed by atoms with Crippen molar-refractivity contribution in [2.75, 3.05) is 0 Å². The smallest absolute Gasteiger partial charge is 0.311 e. The second-order valence-corrected chi connectivity index (χ2v) is 2.04. The first kappa shape index (κ1) is 4.72. The number of carbonyl (C=O) groups excluding carboxylic acids is 1. The second-order valence-electron chi connectivity index (χ2n) is 1.25. The highest BCUT2D eigenvalue weighted by molar-refractivity contribution is 7.24. The van der Waals surface area contributed by atoms with Gasteiger partial charge < -0.3 is 4.74 Å². The molecule has 38 valence electrons. The average molecular weight is 118 g/mol. The molecule has 0 N–H and O–H groups in total. The lowest BCUT2D eigenvalue weighted by Gasteiger charge is -2.17. The average Bonchev–Trinajstić information content (AvgIpc) is 1.58. The highest BCUT2D eigenvalue weighted by Crippen LogP contribution is 2.22. The molecular formula is C3H3O3P. The Bertz CT molecular complexity index is 103. The van der Waals surface area contributed by atoms with Crippen molar-refractivity contribution in [3.05, 3.63) is 0 Å². The molecule has 0 aromatic heterocycles. The van der Waals surface area contributed by atoms with Crippen LogP contribution in [0.25, 0.3) is 0 Å². The van der Waals surface area contributed by atoms with Crippen molar-refractivity contribution in [1.82, 2.24) is 0 Å². The molecule has 1 rings (SSSR count). The molecule has 0 amide bonds. The first-order valence-corrected chi connectivity index (χ1v) is 2.73. The van der Waals surface area contributed by atoms with Gasteiger partial charge >= 0.3 is 5.97 Å². The van der Waals surface area contributed by atoms with Gasteiger partial charge in [0.2, 0.25) is 8.46 Å². The fourth-order valence-electron chi connectivity index (χ4n) is 0.343. The summed E-state index contributed by atoms with van der Waals surface area (Å²) in [6.07, 6.45) is 0.311. The Morgan fingerprint density at radius 3 is 2.57 bits per heavy atom. The molecule has 1 fully saturated rings. The predicted octanol–water partition coefficient (Wildman–Crippen LogP) is 0.551. The van der Waals surface area contributed by atoms with Gasteiger partial charge in [-0.1, -0.05) is 0 Å². The van der Waals surface area contributed by atoms with E-state index in [4.69, 9.17) is 0 Å². The molecule has 0 aromatic carbocycles. The van der Waals surface area contributed by atoms with Crippen LogP contribution >= 0.6 is 8.46 Å². The Kier molecular flexibility index (Phi) is 1.07. The molecule has 4 heteroatoms. The Morgan fingerprint density at radius 2 is 2.43 bits per heavy atom. The molecule has 3 nitrogen and oxygen atoms in total. The fraction of sp³-hybridized carbons (Fsp3) is 0.667. The van der Waals surface area contributed by atoms with Crippen LogP contribution in [0.2, 0.25) is 0 Å². The minimum atomic E-state index is -0.340. The lowest BCUT2D eigenvalue weighted by Crippen LogP contribution is -2.27. The van der Waals surface area contributed by atoms with Gasteiger partial charge in [0.05, 0.1) is 6.42 Å². The summed E-state index contributed by atoms with van der Waals surface area (Å²) in [4.78, 5) is 9.90. The van der Waals surface area contributed by atoms with E-state index >= 15 is 0 Å². The zero-order chi connectivity index (χ0) is 5.28. The largest absolute Gasteiger partial charge is 0.449 e. The van der Waals surface area contributed by atoms with Gasteiger partial charge in [-0.2, -0.15) is 0 Å². The number of carbonyl (C=O) groups is 1. The third-order valence-electron chi connectivity index (χ3n) is 0.726. The third-order valence-corrected chi connectivity index (χ3v) is 1.25. The molecule has 0 bridgehead atoms. The quantitative estimate of drug-likeness (QED) is 0.373. The van der Waals surface area contributed by atoms with Crippen LogP contribution in [0.4, 0.5) is 0 Å². The van der Waals surface area contributed by atoms with Crippen molar-refractivity contribution in [1.29, 1.82) is 0 Å². The number of hydrogen-bond donors (Lipinski definition) is 0. The summed E-state index contributed by atoms with van der Waals surface area (Å²) in [7, 11) is -0.0832. The summed E-state index contributed by atoms with van der Waals surface area (Å²) >= 11 is 0. The van der Waals surface area contributed by atoms with Gasteiger partial charge in [0.15, 0.2) is 5.85 Å². The molecule has 0 aromatic rings. The van der Waals surface area contributed by atoms with Gasteiger partial charge in [-0.3, -0.25) is 9.36 Å². The molecule has 0 spiro atoms. The van der Waals surface area contributed by atoms with Crippen LogP contribution in [0.15, 0.2) is 0 Å². The van der Waals surface area contributed by atoms with E-state index in [1.165, 1.54) is 0 Å². The SMILES string of the molecule is O=PC1CC(=O)O1. The predicted molar refractivity (Wildman–Crippen MR) is 22.1 cm³/mol. The van der Waals surface area contributed by atoms with E-state index in [9.17, 15) is 9.36 Å². The van der Waals surface area contributed by atoms with Gasteiger partial charge in [0, 0.05) is 0 Å². The van der Waals surface area contributed by atoms with Crippen LogP contribution in [0, 0.1) is 0 Å². The van der Waals surface area contributed by atoms with E-state index in [0.717, 1.165) is 0 Å². The lowest BCUT2D eigenvalue weighted by atomic mass is 10.4. The van der Waals surface area contributed by atoms with E-state index in [1.807, 2.05) is 0 Å². The summed E-state index contributed by atoms with van der Waals surface area (Å²) < 4.78 is 14.1. The van der Waals surface area contributed by atoms with Crippen LogP contribution in [0.1, 0.15) is 6.42 Å². The van der Waals surface area contributed by atoms with Gasteiger partial charge in [-0.05, 0) is 0 Å². The van der Waals surface area contributed by atoms with Crippen LogP contribution in [0.3, 0.4) is 0 Å². The summed E-state index contributed by atoms with van der Waals surface area (Å²) in [6.45, 7) is 0. The molecule has 0 saturated carbocycles. The number of cyclic esters (lactones) is 1. The van der Waals surface area contributed by atoms with Crippen molar-refractivity contribution in [2.45, 2.75) is 12.3 Å². The summed E-state index contributed by atoms with van der Waals surface area (Å²) in [5, 5.41) is 0. The zero-order valence-corrected chi connectivity index (χ0v) is 4.35. The maximum absolute atomic E-state index is 9.90. The molecule has 0 aliphatic carbocycles. The van der Waals surface area contributed by atoms with E-state index in [0.29, 0.717) is 6.42 Å². The normalized spacial score (nSPS) is 29.1. The number of esters is 1. The standard InChI is InChI=1S/C3H3O3P/c4-2-1-3(6-2)7-5/h3H,1H2. The molecule has 1 heterocycles. The number of rotatable bonds is 1. The molecule has 1 aliphatic heterocycles. The monoisotopic (exact) mass is 118 g/mol. The lowest BCUT2D eigenvalue weighted by molar-refractivity contribution is -0.161. The Morgan fingerprint density at radius 1 is 1.86 bits per heavy atom.